The first kappa shape index (κ1) is 18.8. The minimum Gasteiger partial charge on any atom is -0.393 e. The molecule has 1 aromatic carbocycles. The summed E-state index contributed by atoms with van der Waals surface area (Å²) in [5.41, 5.74) is 1.37. The molecule has 0 saturated heterocycles. The van der Waals surface area contributed by atoms with Gasteiger partial charge in [-0.05, 0) is 18.4 Å². The molecule has 1 atom stereocenters. The summed E-state index contributed by atoms with van der Waals surface area (Å²) in [5, 5.41) is 15.3. The molecular weight excluding hydrogens is 321 g/mol. The van der Waals surface area contributed by atoms with Crippen LogP contribution in [-0.2, 0) is 0 Å². The van der Waals surface area contributed by atoms with Crippen LogP contribution in [0.4, 0.5) is 10.2 Å². The number of benzene rings is 1. The van der Waals surface area contributed by atoms with Crippen LogP contribution in [0.25, 0.3) is 0 Å². The smallest absolute Gasteiger partial charge is 0.148 e. The molecule has 4 N–H and O–H groups in total. The fraction of sp³-hybridized carbons (Fsp3) is 0.389. The van der Waals surface area contributed by atoms with Crippen molar-refractivity contribution in [2.45, 2.75) is 37.9 Å². The topological polar surface area (TPSA) is 96.4 Å². The normalized spacial score (nSPS) is 15.6. The Morgan fingerprint density at radius 1 is 1.32 bits per heavy atom. The SMILES string of the molecule is N/N=C\c1cncnc1NC1CCCC1.OCC(F)c1ccccc1. The van der Waals surface area contributed by atoms with Crippen LogP contribution in [0.15, 0.2) is 48.0 Å². The molecule has 0 spiro atoms. The number of aliphatic hydroxyl groups excluding tert-OH is 1. The lowest BCUT2D eigenvalue weighted by Crippen LogP contribution is -2.17. The number of hydrogen-bond acceptors (Lipinski definition) is 6. The Bertz CT molecular complexity index is 647. The second kappa shape index (κ2) is 10.4. The van der Waals surface area contributed by atoms with Gasteiger partial charge in [-0.1, -0.05) is 43.2 Å². The highest BCUT2D eigenvalue weighted by atomic mass is 19.1. The fourth-order valence-corrected chi connectivity index (χ4v) is 2.67. The zero-order valence-electron chi connectivity index (χ0n) is 14.1. The summed E-state index contributed by atoms with van der Waals surface area (Å²) in [6.45, 7) is -0.440. The number of nitrogens with one attached hydrogen (secondary N) is 1. The molecular formula is C18H24FN5O. The molecule has 1 aromatic heterocycles. The number of aliphatic hydroxyl groups is 1. The molecule has 1 saturated carbocycles. The van der Waals surface area contributed by atoms with Crippen molar-refractivity contribution in [1.29, 1.82) is 0 Å². The first-order valence-electron chi connectivity index (χ1n) is 8.34. The lowest BCUT2D eigenvalue weighted by Gasteiger charge is -2.13. The zero-order valence-corrected chi connectivity index (χ0v) is 14.1. The number of hydrazone groups is 1. The van der Waals surface area contributed by atoms with Crippen molar-refractivity contribution in [2.24, 2.45) is 10.9 Å². The van der Waals surface area contributed by atoms with E-state index >= 15 is 0 Å². The molecule has 1 heterocycles. The van der Waals surface area contributed by atoms with E-state index in [9.17, 15) is 4.39 Å². The third-order valence-corrected chi connectivity index (χ3v) is 3.97. The van der Waals surface area contributed by atoms with E-state index in [0.29, 0.717) is 11.6 Å². The summed E-state index contributed by atoms with van der Waals surface area (Å²) >= 11 is 0. The van der Waals surface area contributed by atoms with Crippen molar-refractivity contribution in [1.82, 2.24) is 9.97 Å². The van der Waals surface area contributed by atoms with Gasteiger partial charge in [0.05, 0.1) is 18.4 Å². The van der Waals surface area contributed by atoms with Crippen molar-refractivity contribution < 1.29 is 9.50 Å². The number of halogens is 1. The average molecular weight is 345 g/mol. The van der Waals surface area contributed by atoms with Crippen molar-refractivity contribution in [2.75, 3.05) is 11.9 Å². The number of alkyl halides is 1. The van der Waals surface area contributed by atoms with Crippen LogP contribution in [0.5, 0.6) is 0 Å². The molecule has 7 heteroatoms. The fourth-order valence-electron chi connectivity index (χ4n) is 2.67. The summed E-state index contributed by atoms with van der Waals surface area (Å²) < 4.78 is 12.6. The molecule has 1 fully saturated rings. The van der Waals surface area contributed by atoms with E-state index in [1.54, 1.807) is 36.7 Å². The Morgan fingerprint density at radius 3 is 2.68 bits per heavy atom. The Kier molecular flexibility index (Phi) is 7.78. The van der Waals surface area contributed by atoms with Crippen LogP contribution in [0.1, 0.15) is 43.0 Å². The average Bonchev–Trinajstić information content (AvgIpc) is 3.17. The van der Waals surface area contributed by atoms with E-state index in [4.69, 9.17) is 10.9 Å². The standard InChI is InChI=1S/C10H15N5.C8H9FO/c11-14-6-8-5-12-7-13-10(8)15-9-3-1-2-4-9;9-8(6-10)7-4-2-1-3-5-7/h5-7,9H,1-4,11H2,(H,12,13,15);1-5,8,10H,6H2/b14-6-;. The van der Waals surface area contributed by atoms with Crippen LogP contribution in [0.3, 0.4) is 0 Å². The summed E-state index contributed by atoms with van der Waals surface area (Å²) in [7, 11) is 0. The highest BCUT2D eigenvalue weighted by Crippen LogP contribution is 2.22. The minimum absolute atomic E-state index is 0.440. The largest absolute Gasteiger partial charge is 0.393 e. The monoisotopic (exact) mass is 345 g/mol. The Labute approximate surface area is 147 Å². The first-order chi connectivity index (χ1) is 12.2. The lowest BCUT2D eigenvalue weighted by molar-refractivity contribution is 0.180. The van der Waals surface area contributed by atoms with Crippen LogP contribution in [-0.4, -0.2) is 33.9 Å². The summed E-state index contributed by atoms with van der Waals surface area (Å²) in [6, 6.07) is 9.15. The van der Waals surface area contributed by atoms with Gasteiger partial charge < -0.3 is 16.3 Å². The summed E-state index contributed by atoms with van der Waals surface area (Å²) in [5.74, 6) is 5.95. The third kappa shape index (κ3) is 6.11. The van der Waals surface area contributed by atoms with Gasteiger partial charge in [0.1, 0.15) is 18.3 Å². The molecule has 1 aliphatic carbocycles. The Morgan fingerprint density at radius 2 is 2.04 bits per heavy atom. The van der Waals surface area contributed by atoms with Gasteiger partial charge in [0, 0.05) is 12.2 Å². The van der Waals surface area contributed by atoms with Gasteiger partial charge in [0.2, 0.25) is 0 Å². The van der Waals surface area contributed by atoms with Crippen LogP contribution >= 0.6 is 0 Å². The maximum absolute atomic E-state index is 12.6. The molecule has 134 valence electrons. The first-order valence-corrected chi connectivity index (χ1v) is 8.34. The molecule has 1 aliphatic rings. The molecule has 2 aromatic rings. The van der Waals surface area contributed by atoms with E-state index in [1.165, 1.54) is 32.0 Å². The van der Waals surface area contributed by atoms with Gasteiger partial charge in [-0.3, -0.25) is 0 Å². The van der Waals surface area contributed by atoms with E-state index in [-0.39, 0.29) is 0 Å². The molecule has 25 heavy (non-hydrogen) atoms. The number of anilines is 1. The summed E-state index contributed by atoms with van der Waals surface area (Å²) in [6.07, 6.45) is 8.59. The van der Waals surface area contributed by atoms with E-state index in [0.717, 1.165) is 11.4 Å². The maximum atomic E-state index is 12.6. The van der Waals surface area contributed by atoms with Crippen LogP contribution in [0.2, 0.25) is 0 Å². The minimum atomic E-state index is -1.24. The summed E-state index contributed by atoms with van der Waals surface area (Å²) in [4.78, 5) is 8.13. The third-order valence-electron chi connectivity index (χ3n) is 3.97. The lowest BCUT2D eigenvalue weighted by atomic mass is 10.1. The van der Waals surface area contributed by atoms with Gasteiger partial charge in [0.15, 0.2) is 0 Å². The number of nitrogens with zero attached hydrogens (tertiary/aromatic N) is 3. The van der Waals surface area contributed by atoms with Crippen molar-refractivity contribution in [3.05, 3.63) is 54.0 Å². The highest BCUT2D eigenvalue weighted by molar-refractivity contribution is 5.85. The van der Waals surface area contributed by atoms with E-state index in [1.807, 2.05) is 6.07 Å². The van der Waals surface area contributed by atoms with Gasteiger partial charge in [0.25, 0.3) is 0 Å². The van der Waals surface area contributed by atoms with Crippen molar-refractivity contribution >= 4 is 12.0 Å². The zero-order chi connectivity index (χ0) is 17.9. The van der Waals surface area contributed by atoms with Crippen molar-refractivity contribution in [3.8, 4) is 0 Å². The predicted octanol–water partition coefficient (Wildman–Crippen LogP) is 2.81. The van der Waals surface area contributed by atoms with Gasteiger partial charge >= 0.3 is 0 Å². The Balaban J connectivity index is 0.000000196. The number of nitrogens with two attached hydrogens (primary N) is 1. The quantitative estimate of drug-likeness (QED) is 0.440. The maximum Gasteiger partial charge on any atom is 0.148 e. The molecule has 6 nitrogen and oxygen atoms in total. The number of aromatic nitrogens is 2. The molecule has 1 unspecified atom stereocenters. The number of rotatable bonds is 5. The van der Waals surface area contributed by atoms with Crippen LogP contribution < -0.4 is 11.2 Å². The second-order valence-corrected chi connectivity index (χ2v) is 5.79. The Hall–Kier alpha value is -2.54. The van der Waals surface area contributed by atoms with Crippen LogP contribution in [0, 0.1) is 0 Å². The molecule has 0 aliphatic heterocycles. The molecule has 0 amide bonds. The predicted molar refractivity (Wildman–Crippen MR) is 97.1 cm³/mol. The van der Waals surface area contributed by atoms with E-state index in [2.05, 4.69) is 20.4 Å². The second-order valence-electron chi connectivity index (χ2n) is 5.79. The molecule has 0 radical (unpaired) electrons. The highest BCUT2D eigenvalue weighted by Gasteiger charge is 2.16. The molecule has 3 rings (SSSR count). The van der Waals surface area contributed by atoms with Gasteiger partial charge in [-0.15, -0.1) is 0 Å². The van der Waals surface area contributed by atoms with E-state index < -0.39 is 12.8 Å². The van der Waals surface area contributed by atoms with Gasteiger partial charge in [-0.2, -0.15) is 5.10 Å². The number of hydrogen-bond donors (Lipinski definition) is 3. The van der Waals surface area contributed by atoms with Crippen molar-refractivity contribution in [3.63, 3.8) is 0 Å². The van der Waals surface area contributed by atoms with Gasteiger partial charge in [-0.25, -0.2) is 14.4 Å². The molecule has 0 bridgehead atoms.